The van der Waals surface area contributed by atoms with E-state index in [-0.39, 0.29) is 0 Å². The minimum absolute atomic E-state index is 0.785. The summed E-state index contributed by atoms with van der Waals surface area (Å²) in [5.74, 6) is 3.36. The summed E-state index contributed by atoms with van der Waals surface area (Å²) in [6.45, 7) is 3.65. The van der Waals surface area contributed by atoms with Crippen molar-refractivity contribution in [1.82, 2.24) is 10.2 Å². The molecule has 2 heteroatoms. The van der Waals surface area contributed by atoms with Crippen molar-refractivity contribution < 1.29 is 0 Å². The van der Waals surface area contributed by atoms with Gasteiger partial charge in [0.2, 0.25) is 0 Å². The molecule has 108 valence electrons. The molecule has 1 heterocycles. The van der Waals surface area contributed by atoms with E-state index in [4.69, 9.17) is 0 Å². The van der Waals surface area contributed by atoms with Gasteiger partial charge in [-0.25, -0.2) is 0 Å². The van der Waals surface area contributed by atoms with Crippen LogP contribution in [0, 0.1) is 23.2 Å². The molecule has 4 saturated carbocycles. The molecular formula is C17H30N2. The van der Waals surface area contributed by atoms with E-state index < -0.39 is 0 Å². The number of nitrogens with one attached hydrogen (secondary N) is 1. The summed E-state index contributed by atoms with van der Waals surface area (Å²) < 4.78 is 0. The van der Waals surface area contributed by atoms with E-state index in [0.717, 1.165) is 29.2 Å². The monoisotopic (exact) mass is 262 g/mol. The fraction of sp³-hybridized carbons (Fsp3) is 1.00. The van der Waals surface area contributed by atoms with Crippen LogP contribution in [0.15, 0.2) is 0 Å². The lowest BCUT2D eigenvalue weighted by atomic mass is 9.48. The van der Waals surface area contributed by atoms with Crippen molar-refractivity contribution in [3.8, 4) is 0 Å². The number of rotatable bonds is 3. The summed E-state index contributed by atoms with van der Waals surface area (Å²) in [6, 6.07) is 0.807. The van der Waals surface area contributed by atoms with Gasteiger partial charge in [0.25, 0.3) is 0 Å². The summed E-state index contributed by atoms with van der Waals surface area (Å²) >= 11 is 0. The maximum atomic E-state index is 3.58. The number of hydrogen-bond acceptors (Lipinski definition) is 2. The van der Waals surface area contributed by atoms with Gasteiger partial charge in [0.1, 0.15) is 0 Å². The molecule has 19 heavy (non-hydrogen) atoms. The third-order valence-electron chi connectivity index (χ3n) is 6.82. The Labute approximate surface area is 118 Å². The maximum Gasteiger partial charge on any atom is 0.0218 e. The van der Waals surface area contributed by atoms with E-state index in [1.165, 1.54) is 32.5 Å². The van der Waals surface area contributed by atoms with Gasteiger partial charge in [-0.2, -0.15) is 0 Å². The Balaban J connectivity index is 1.39. The number of likely N-dealkylation sites (N-methyl/N-ethyl adjacent to an activating group) is 1. The highest BCUT2D eigenvalue weighted by Crippen LogP contribution is 2.61. The van der Waals surface area contributed by atoms with Gasteiger partial charge < -0.3 is 10.2 Å². The Hall–Kier alpha value is -0.0800. The van der Waals surface area contributed by atoms with E-state index in [2.05, 4.69) is 17.3 Å². The Bertz CT molecular complexity index is 303. The SMILES string of the molecule is CN1CCNCC1CCC12CC3CC(CC(C3)C1)C2. The Kier molecular flexibility index (Phi) is 3.15. The predicted molar refractivity (Wildman–Crippen MR) is 79.1 cm³/mol. The minimum atomic E-state index is 0.785. The first kappa shape index (κ1) is 12.6. The average molecular weight is 262 g/mol. The third-order valence-corrected chi connectivity index (χ3v) is 6.82. The van der Waals surface area contributed by atoms with E-state index >= 15 is 0 Å². The highest BCUT2D eigenvalue weighted by atomic mass is 15.2. The first-order chi connectivity index (χ1) is 9.22. The van der Waals surface area contributed by atoms with E-state index in [9.17, 15) is 0 Å². The van der Waals surface area contributed by atoms with E-state index in [0.29, 0.717) is 0 Å². The Morgan fingerprint density at radius 2 is 1.68 bits per heavy atom. The van der Waals surface area contributed by atoms with Gasteiger partial charge in [-0.15, -0.1) is 0 Å². The smallest absolute Gasteiger partial charge is 0.0218 e. The third kappa shape index (κ3) is 2.35. The normalized spacial score (nSPS) is 49.7. The molecule has 1 unspecified atom stereocenters. The van der Waals surface area contributed by atoms with Crippen LogP contribution in [-0.2, 0) is 0 Å². The van der Waals surface area contributed by atoms with Crippen LogP contribution in [0.25, 0.3) is 0 Å². The number of nitrogens with zero attached hydrogens (tertiary/aromatic N) is 1. The summed E-state index contributed by atoms with van der Waals surface area (Å²) in [6.07, 6.45) is 12.5. The van der Waals surface area contributed by atoms with Crippen molar-refractivity contribution in [2.24, 2.45) is 23.2 Å². The van der Waals surface area contributed by atoms with Gasteiger partial charge in [0, 0.05) is 25.7 Å². The second-order valence-electron chi connectivity index (χ2n) is 8.29. The van der Waals surface area contributed by atoms with Crippen molar-refractivity contribution in [3.63, 3.8) is 0 Å². The zero-order valence-corrected chi connectivity index (χ0v) is 12.5. The van der Waals surface area contributed by atoms with Crippen LogP contribution in [0.2, 0.25) is 0 Å². The van der Waals surface area contributed by atoms with Crippen LogP contribution in [0.3, 0.4) is 0 Å². The molecular weight excluding hydrogens is 232 g/mol. The molecule has 1 N–H and O–H groups in total. The quantitative estimate of drug-likeness (QED) is 0.841. The summed E-state index contributed by atoms with van der Waals surface area (Å²) in [5, 5.41) is 3.58. The molecule has 0 aromatic heterocycles. The maximum absolute atomic E-state index is 3.58. The van der Waals surface area contributed by atoms with Crippen molar-refractivity contribution in [3.05, 3.63) is 0 Å². The lowest BCUT2D eigenvalue weighted by Gasteiger charge is -2.57. The lowest BCUT2D eigenvalue weighted by Crippen LogP contribution is -2.51. The molecule has 0 amide bonds. The van der Waals surface area contributed by atoms with Crippen molar-refractivity contribution in [2.75, 3.05) is 26.7 Å². The van der Waals surface area contributed by atoms with Crippen LogP contribution in [-0.4, -0.2) is 37.6 Å². The second kappa shape index (κ2) is 4.73. The largest absolute Gasteiger partial charge is 0.314 e. The minimum Gasteiger partial charge on any atom is -0.314 e. The fourth-order valence-corrected chi connectivity index (χ4v) is 6.25. The zero-order chi connectivity index (χ0) is 12.9. The highest BCUT2D eigenvalue weighted by molar-refractivity contribution is 5.01. The standard InChI is InChI=1S/C17H30N2/c1-19-5-4-18-12-16(19)2-3-17-9-13-6-14(10-17)8-15(7-13)11-17/h13-16,18H,2-12H2,1H3. The molecule has 1 atom stereocenters. The van der Waals surface area contributed by atoms with Crippen LogP contribution < -0.4 is 5.32 Å². The predicted octanol–water partition coefficient (Wildman–Crippen LogP) is 2.89. The zero-order valence-electron chi connectivity index (χ0n) is 12.5. The Morgan fingerprint density at radius 1 is 1.05 bits per heavy atom. The van der Waals surface area contributed by atoms with Crippen LogP contribution in [0.4, 0.5) is 0 Å². The van der Waals surface area contributed by atoms with Crippen molar-refractivity contribution in [1.29, 1.82) is 0 Å². The molecule has 4 aliphatic carbocycles. The van der Waals surface area contributed by atoms with Crippen molar-refractivity contribution in [2.45, 2.75) is 57.4 Å². The topological polar surface area (TPSA) is 15.3 Å². The van der Waals surface area contributed by atoms with Gasteiger partial charge in [-0.1, -0.05) is 0 Å². The van der Waals surface area contributed by atoms with Crippen LogP contribution in [0.5, 0.6) is 0 Å². The first-order valence-corrected chi connectivity index (χ1v) is 8.63. The van der Waals surface area contributed by atoms with E-state index in [1.807, 2.05) is 0 Å². The lowest BCUT2D eigenvalue weighted by molar-refractivity contribution is -0.0611. The molecule has 0 aromatic carbocycles. The number of piperazine rings is 1. The molecule has 0 aromatic rings. The highest BCUT2D eigenvalue weighted by Gasteiger charge is 2.50. The molecule has 4 bridgehead atoms. The molecule has 5 aliphatic rings. The van der Waals surface area contributed by atoms with Gasteiger partial charge in [-0.05, 0) is 81.6 Å². The molecule has 5 rings (SSSR count). The summed E-state index contributed by atoms with van der Waals surface area (Å²) in [5.41, 5.74) is 0.785. The molecule has 2 nitrogen and oxygen atoms in total. The first-order valence-electron chi connectivity index (χ1n) is 8.63. The average Bonchev–Trinajstić information content (AvgIpc) is 2.36. The molecule has 0 spiro atoms. The fourth-order valence-electron chi connectivity index (χ4n) is 6.25. The van der Waals surface area contributed by atoms with Crippen LogP contribution in [0.1, 0.15) is 51.4 Å². The van der Waals surface area contributed by atoms with E-state index in [1.54, 1.807) is 38.5 Å². The second-order valence-corrected chi connectivity index (χ2v) is 8.29. The van der Waals surface area contributed by atoms with Gasteiger partial charge in [0.15, 0.2) is 0 Å². The molecule has 0 radical (unpaired) electrons. The Morgan fingerprint density at radius 3 is 2.26 bits per heavy atom. The van der Waals surface area contributed by atoms with Crippen LogP contribution >= 0.6 is 0 Å². The van der Waals surface area contributed by atoms with Crippen molar-refractivity contribution >= 4 is 0 Å². The number of hydrogen-bond donors (Lipinski definition) is 1. The molecule has 1 saturated heterocycles. The van der Waals surface area contributed by atoms with Gasteiger partial charge in [-0.3, -0.25) is 0 Å². The summed E-state index contributed by atoms with van der Waals surface area (Å²) in [4.78, 5) is 2.59. The molecule has 5 fully saturated rings. The van der Waals surface area contributed by atoms with Gasteiger partial charge >= 0.3 is 0 Å². The molecule has 1 aliphatic heterocycles. The summed E-state index contributed by atoms with van der Waals surface area (Å²) in [7, 11) is 2.32. The van der Waals surface area contributed by atoms with Gasteiger partial charge in [0.05, 0.1) is 0 Å².